The molecule has 5 heteroatoms. The number of urea groups is 1. The highest BCUT2D eigenvalue weighted by atomic mass is 35.5. The van der Waals surface area contributed by atoms with E-state index in [2.05, 4.69) is 10.6 Å². The summed E-state index contributed by atoms with van der Waals surface area (Å²) in [5, 5.41) is 15.8. The van der Waals surface area contributed by atoms with Crippen molar-refractivity contribution in [3.05, 3.63) is 34.9 Å². The van der Waals surface area contributed by atoms with E-state index >= 15 is 0 Å². The first-order chi connectivity index (χ1) is 9.15. The molecule has 0 unspecified atom stereocenters. The van der Waals surface area contributed by atoms with Gasteiger partial charge in [0.1, 0.15) is 0 Å². The Kier molecular flexibility index (Phi) is 5.05. The van der Waals surface area contributed by atoms with Gasteiger partial charge in [-0.1, -0.05) is 23.7 Å². The van der Waals surface area contributed by atoms with E-state index in [9.17, 15) is 9.90 Å². The number of halogens is 1. The molecule has 0 bridgehead atoms. The quantitative estimate of drug-likeness (QED) is 0.750. The van der Waals surface area contributed by atoms with Crippen molar-refractivity contribution in [1.29, 1.82) is 0 Å². The second-order valence-corrected chi connectivity index (χ2v) is 5.37. The highest BCUT2D eigenvalue weighted by Gasteiger charge is 2.29. The molecular weight excluding hydrogens is 264 g/mol. The second-order valence-electron chi connectivity index (χ2n) is 4.93. The van der Waals surface area contributed by atoms with Gasteiger partial charge in [0.05, 0.1) is 6.10 Å². The van der Waals surface area contributed by atoms with Gasteiger partial charge >= 0.3 is 6.03 Å². The van der Waals surface area contributed by atoms with Crippen LogP contribution in [0.5, 0.6) is 0 Å². The maximum Gasteiger partial charge on any atom is 0.315 e. The molecule has 0 radical (unpaired) electrons. The van der Waals surface area contributed by atoms with Gasteiger partial charge in [0.15, 0.2) is 0 Å². The Labute approximate surface area is 118 Å². The lowest BCUT2D eigenvalue weighted by Crippen LogP contribution is -2.36. The van der Waals surface area contributed by atoms with E-state index < -0.39 is 0 Å². The van der Waals surface area contributed by atoms with Crippen LogP contribution >= 0.6 is 11.6 Å². The van der Waals surface area contributed by atoms with Gasteiger partial charge in [-0.25, -0.2) is 4.79 Å². The summed E-state index contributed by atoms with van der Waals surface area (Å²) in [5.74, 6) is 0.457. The molecule has 3 N–H and O–H groups in total. The second kappa shape index (κ2) is 6.78. The topological polar surface area (TPSA) is 61.4 Å². The monoisotopic (exact) mass is 282 g/mol. The number of carbonyl (C=O) groups is 1. The fraction of sp³-hybridized carbons (Fsp3) is 0.500. The highest BCUT2D eigenvalue weighted by Crippen LogP contribution is 2.33. The summed E-state index contributed by atoms with van der Waals surface area (Å²) in [6.07, 6.45) is 2.59. The summed E-state index contributed by atoms with van der Waals surface area (Å²) in [5.41, 5.74) is 0.998. The van der Waals surface area contributed by atoms with E-state index in [-0.39, 0.29) is 12.1 Å². The van der Waals surface area contributed by atoms with Crippen LogP contribution in [-0.2, 0) is 6.54 Å². The lowest BCUT2D eigenvalue weighted by atomic mass is 10.2. The Balaban J connectivity index is 1.60. The van der Waals surface area contributed by atoms with Crippen molar-refractivity contribution in [2.75, 3.05) is 6.54 Å². The number of aliphatic hydroxyl groups is 1. The molecule has 4 nitrogen and oxygen atoms in total. The molecule has 1 aromatic rings. The van der Waals surface area contributed by atoms with Crippen molar-refractivity contribution in [3.63, 3.8) is 0 Å². The molecule has 2 amide bonds. The zero-order valence-corrected chi connectivity index (χ0v) is 11.5. The number of benzene rings is 1. The van der Waals surface area contributed by atoms with Gasteiger partial charge in [-0.05, 0) is 42.9 Å². The van der Waals surface area contributed by atoms with Crippen LogP contribution in [0.3, 0.4) is 0 Å². The Bertz CT molecular complexity index is 418. The minimum atomic E-state index is -0.267. The number of amides is 2. The largest absolute Gasteiger partial charge is 0.393 e. The van der Waals surface area contributed by atoms with Crippen LogP contribution in [0.4, 0.5) is 4.79 Å². The summed E-state index contributed by atoms with van der Waals surface area (Å²) < 4.78 is 0. The lowest BCUT2D eigenvalue weighted by molar-refractivity contribution is 0.141. The fourth-order valence-electron chi connectivity index (χ4n) is 1.90. The maximum absolute atomic E-state index is 11.5. The molecule has 2 rings (SSSR count). The number of rotatable bonds is 6. The van der Waals surface area contributed by atoms with E-state index in [1.807, 2.05) is 12.1 Å². The van der Waals surface area contributed by atoms with Gasteiger partial charge in [-0.3, -0.25) is 0 Å². The first kappa shape index (κ1) is 14.2. The Hall–Kier alpha value is -1.26. The smallest absolute Gasteiger partial charge is 0.315 e. The van der Waals surface area contributed by atoms with Crippen LogP contribution in [0.15, 0.2) is 24.3 Å². The van der Waals surface area contributed by atoms with Crippen LogP contribution in [-0.4, -0.2) is 23.8 Å². The predicted molar refractivity (Wildman–Crippen MR) is 75.0 cm³/mol. The summed E-state index contributed by atoms with van der Waals surface area (Å²) in [7, 11) is 0. The third-order valence-electron chi connectivity index (χ3n) is 3.26. The first-order valence-electron chi connectivity index (χ1n) is 6.59. The summed E-state index contributed by atoms with van der Waals surface area (Å²) in [6.45, 7) is 0.971. The SMILES string of the molecule is O=C(NCC[C@@H](O)C1CC1)NCc1ccc(Cl)cc1. The van der Waals surface area contributed by atoms with Crippen LogP contribution in [0.2, 0.25) is 5.02 Å². The maximum atomic E-state index is 11.5. The Morgan fingerprint density at radius 2 is 2.00 bits per heavy atom. The number of hydrogen-bond donors (Lipinski definition) is 3. The van der Waals surface area contributed by atoms with E-state index in [0.29, 0.717) is 30.5 Å². The molecule has 0 heterocycles. The zero-order valence-electron chi connectivity index (χ0n) is 10.7. The van der Waals surface area contributed by atoms with Crippen molar-refractivity contribution in [1.82, 2.24) is 10.6 Å². The molecule has 1 atom stereocenters. The molecule has 0 spiro atoms. The Morgan fingerprint density at radius 1 is 1.32 bits per heavy atom. The van der Waals surface area contributed by atoms with Crippen LogP contribution in [0.25, 0.3) is 0 Å². The van der Waals surface area contributed by atoms with Gasteiger partial charge < -0.3 is 15.7 Å². The molecule has 1 aliphatic carbocycles. The molecule has 104 valence electrons. The zero-order chi connectivity index (χ0) is 13.7. The summed E-state index contributed by atoms with van der Waals surface area (Å²) in [6, 6.07) is 7.13. The van der Waals surface area contributed by atoms with Crippen LogP contribution < -0.4 is 10.6 Å². The standard InChI is InChI=1S/C14H19ClN2O2/c15-12-5-1-10(2-6-12)9-17-14(19)16-8-7-13(18)11-3-4-11/h1-2,5-6,11,13,18H,3-4,7-9H2,(H2,16,17,19)/t13-/m1/s1. The predicted octanol–water partition coefficient (Wildman–Crippen LogP) is 2.30. The lowest BCUT2D eigenvalue weighted by Gasteiger charge is -2.11. The molecule has 19 heavy (non-hydrogen) atoms. The van der Waals surface area contributed by atoms with Gasteiger partial charge in [-0.15, -0.1) is 0 Å². The van der Waals surface area contributed by atoms with Crippen molar-refractivity contribution >= 4 is 17.6 Å². The molecule has 0 saturated heterocycles. The van der Waals surface area contributed by atoms with Gasteiger partial charge in [0.2, 0.25) is 0 Å². The van der Waals surface area contributed by atoms with Gasteiger partial charge in [0.25, 0.3) is 0 Å². The number of hydrogen-bond acceptors (Lipinski definition) is 2. The van der Waals surface area contributed by atoms with Crippen molar-refractivity contribution < 1.29 is 9.90 Å². The van der Waals surface area contributed by atoms with E-state index in [1.54, 1.807) is 12.1 Å². The molecule has 1 fully saturated rings. The fourth-order valence-corrected chi connectivity index (χ4v) is 2.02. The minimum Gasteiger partial charge on any atom is -0.393 e. The Morgan fingerprint density at radius 3 is 2.63 bits per heavy atom. The molecular formula is C14H19ClN2O2. The van der Waals surface area contributed by atoms with Gasteiger partial charge in [0, 0.05) is 18.1 Å². The molecule has 1 saturated carbocycles. The van der Waals surface area contributed by atoms with Crippen molar-refractivity contribution in [3.8, 4) is 0 Å². The third kappa shape index (κ3) is 5.09. The van der Waals surface area contributed by atoms with E-state index in [4.69, 9.17) is 11.6 Å². The molecule has 1 aromatic carbocycles. The number of nitrogens with one attached hydrogen (secondary N) is 2. The van der Waals surface area contributed by atoms with Crippen molar-refractivity contribution in [2.45, 2.75) is 31.9 Å². The van der Waals surface area contributed by atoms with Crippen molar-refractivity contribution in [2.24, 2.45) is 5.92 Å². The average molecular weight is 283 g/mol. The van der Waals surface area contributed by atoms with Gasteiger partial charge in [-0.2, -0.15) is 0 Å². The normalized spacial score (nSPS) is 15.9. The number of carbonyl (C=O) groups excluding carboxylic acids is 1. The minimum absolute atomic E-state index is 0.210. The number of aliphatic hydroxyl groups excluding tert-OH is 1. The average Bonchev–Trinajstić information content (AvgIpc) is 3.22. The van der Waals surface area contributed by atoms with Crippen LogP contribution in [0, 0.1) is 5.92 Å². The van der Waals surface area contributed by atoms with Crippen LogP contribution in [0.1, 0.15) is 24.8 Å². The molecule has 1 aliphatic rings. The molecule has 0 aliphatic heterocycles. The third-order valence-corrected chi connectivity index (χ3v) is 3.51. The summed E-state index contributed by atoms with van der Waals surface area (Å²) in [4.78, 5) is 11.5. The van der Waals surface area contributed by atoms with E-state index in [1.165, 1.54) is 0 Å². The summed E-state index contributed by atoms with van der Waals surface area (Å²) >= 11 is 5.78. The first-order valence-corrected chi connectivity index (χ1v) is 6.97. The highest BCUT2D eigenvalue weighted by molar-refractivity contribution is 6.30. The van der Waals surface area contributed by atoms with E-state index in [0.717, 1.165) is 18.4 Å². The molecule has 0 aromatic heterocycles.